The van der Waals surface area contributed by atoms with Gasteiger partial charge in [0.15, 0.2) is 5.13 Å². The number of benzene rings is 1. The zero-order chi connectivity index (χ0) is 19.2. The van der Waals surface area contributed by atoms with E-state index in [2.05, 4.69) is 9.97 Å². The van der Waals surface area contributed by atoms with E-state index in [0.29, 0.717) is 10.8 Å². The second kappa shape index (κ2) is 8.55. The van der Waals surface area contributed by atoms with Gasteiger partial charge in [0.2, 0.25) is 5.91 Å². The molecule has 0 aliphatic carbocycles. The van der Waals surface area contributed by atoms with E-state index in [0.717, 1.165) is 17.7 Å². The summed E-state index contributed by atoms with van der Waals surface area (Å²) < 4.78 is 5.26. The van der Waals surface area contributed by atoms with Crippen LogP contribution in [-0.4, -0.2) is 21.8 Å². The summed E-state index contributed by atoms with van der Waals surface area (Å²) in [6.45, 7) is 3.57. The minimum absolute atomic E-state index is 0.0209. The van der Waals surface area contributed by atoms with Crippen LogP contribution in [0.4, 0.5) is 10.8 Å². The van der Waals surface area contributed by atoms with Gasteiger partial charge in [0, 0.05) is 18.5 Å². The molecular weight excluding hydrogens is 362 g/mol. The Morgan fingerprint density at radius 3 is 2.63 bits per heavy atom. The topological polar surface area (TPSA) is 72.4 Å². The molecule has 0 N–H and O–H groups in total. The van der Waals surface area contributed by atoms with Crippen LogP contribution in [0.15, 0.2) is 54.0 Å². The van der Waals surface area contributed by atoms with E-state index in [1.54, 1.807) is 28.5 Å². The van der Waals surface area contributed by atoms with Gasteiger partial charge in [-0.2, -0.15) is 0 Å². The molecule has 0 bridgehead atoms. The molecule has 1 amide bonds. The van der Waals surface area contributed by atoms with E-state index in [1.807, 2.05) is 31.2 Å². The average molecular weight is 381 g/mol. The summed E-state index contributed by atoms with van der Waals surface area (Å²) in [4.78, 5) is 34.3. The van der Waals surface area contributed by atoms with Gasteiger partial charge in [0.25, 0.3) is 0 Å². The molecule has 0 spiro atoms. The van der Waals surface area contributed by atoms with E-state index in [9.17, 15) is 9.59 Å². The van der Waals surface area contributed by atoms with E-state index >= 15 is 0 Å². The summed E-state index contributed by atoms with van der Waals surface area (Å²) in [7, 11) is 0. The number of hydrogen-bond acceptors (Lipinski definition) is 6. The Balaban J connectivity index is 1.77. The molecule has 0 atom stereocenters. The van der Waals surface area contributed by atoms with Crippen LogP contribution in [0.3, 0.4) is 0 Å². The van der Waals surface area contributed by atoms with Gasteiger partial charge in [-0.25, -0.2) is 14.8 Å². The van der Waals surface area contributed by atoms with Crippen molar-refractivity contribution < 1.29 is 14.3 Å². The molecule has 7 heteroatoms. The first-order valence-electron chi connectivity index (χ1n) is 8.51. The van der Waals surface area contributed by atoms with Crippen molar-refractivity contribution in [1.29, 1.82) is 0 Å². The third-order valence-corrected chi connectivity index (χ3v) is 4.76. The van der Waals surface area contributed by atoms with Crippen LogP contribution in [0, 0.1) is 0 Å². The number of anilines is 2. The average Bonchev–Trinajstić information content (AvgIpc) is 3.15. The number of rotatable bonds is 6. The maximum Gasteiger partial charge on any atom is 0.357 e. The summed E-state index contributed by atoms with van der Waals surface area (Å²) in [5, 5.41) is 2.33. The largest absolute Gasteiger partial charge is 0.454 e. The maximum absolute atomic E-state index is 12.3. The van der Waals surface area contributed by atoms with E-state index in [4.69, 9.17) is 4.74 Å². The van der Waals surface area contributed by atoms with Crippen molar-refractivity contribution in [2.24, 2.45) is 0 Å². The van der Waals surface area contributed by atoms with Crippen molar-refractivity contribution in [3.63, 3.8) is 0 Å². The molecule has 0 saturated carbocycles. The Bertz CT molecular complexity index is 940. The highest BCUT2D eigenvalue weighted by Gasteiger charge is 2.20. The second-order valence-corrected chi connectivity index (χ2v) is 6.59. The first-order chi connectivity index (χ1) is 13.1. The molecule has 0 fully saturated rings. The fourth-order valence-corrected chi connectivity index (χ4v) is 3.46. The zero-order valence-corrected chi connectivity index (χ0v) is 15.9. The van der Waals surface area contributed by atoms with Gasteiger partial charge in [-0.05, 0) is 30.2 Å². The Hall–Kier alpha value is -3.06. The first-order valence-corrected chi connectivity index (χ1v) is 9.39. The SMILES string of the molecule is CCc1ccccc1N(C(C)=O)c1nc(COC(=O)c2ccccn2)cs1. The van der Waals surface area contributed by atoms with Crippen molar-refractivity contribution in [3.8, 4) is 0 Å². The van der Waals surface area contributed by atoms with Gasteiger partial charge in [0.05, 0.1) is 11.4 Å². The number of para-hydroxylation sites is 1. The Morgan fingerprint density at radius 1 is 1.15 bits per heavy atom. The lowest BCUT2D eigenvalue weighted by molar-refractivity contribution is -0.115. The zero-order valence-electron chi connectivity index (χ0n) is 15.1. The van der Waals surface area contributed by atoms with Crippen LogP contribution >= 0.6 is 11.3 Å². The molecule has 0 aliphatic heterocycles. The van der Waals surface area contributed by atoms with E-state index < -0.39 is 5.97 Å². The lowest BCUT2D eigenvalue weighted by Gasteiger charge is -2.20. The number of hydrogen-bond donors (Lipinski definition) is 0. The third-order valence-electron chi connectivity index (χ3n) is 3.88. The summed E-state index contributed by atoms with van der Waals surface area (Å²) in [5.41, 5.74) is 2.71. The second-order valence-electron chi connectivity index (χ2n) is 5.75. The standard InChI is InChI=1S/C20H19N3O3S/c1-3-15-8-4-5-10-18(15)23(14(2)24)20-22-16(13-27-20)12-26-19(25)17-9-6-7-11-21-17/h4-11,13H,3,12H2,1-2H3. The molecule has 0 saturated heterocycles. The predicted molar refractivity (Wildman–Crippen MR) is 104 cm³/mol. The lowest BCUT2D eigenvalue weighted by atomic mass is 10.1. The molecule has 27 heavy (non-hydrogen) atoms. The number of nitrogens with zero attached hydrogens (tertiary/aromatic N) is 3. The fraction of sp³-hybridized carbons (Fsp3) is 0.200. The van der Waals surface area contributed by atoms with Crippen molar-refractivity contribution >= 4 is 34.0 Å². The van der Waals surface area contributed by atoms with Gasteiger partial charge in [-0.15, -0.1) is 11.3 Å². The number of esters is 1. The predicted octanol–water partition coefficient (Wildman–Crippen LogP) is 4.14. The van der Waals surface area contributed by atoms with Gasteiger partial charge < -0.3 is 4.74 Å². The Labute approximate surface area is 161 Å². The molecule has 1 aromatic carbocycles. The van der Waals surface area contributed by atoms with Gasteiger partial charge in [-0.1, -0.05) is 31.2 Å². The lowest BCUT2D eigenvalue weighted by Crippen LogP contribution is -2.23. The molecular formula is C20H19N3O3S. The van der Waals surface area contributed by atoms with Gasteiger partial charge in [0.1, 0.15) is 12.3 Å². The third kappa shape index (κ3) is 4.38. The number of thiazole rings is 1. The van der Waals surface area contributed by atoms with Crippen molar-refractivity contribution in [2.45, 2.75) is 26.9 Å². The summed E-state index contributed by atoms with van der Waals surface area (Å²) in [6.07, 6.45) is 2.34. The Kier molecular flexibility index (Phi) is 5.93. The molecule has 0 aliphatic rings. The Morgan fingerprint density at radius 2 is 1.93 bits per heavy atom. The fourth-order valence-electron chi connectivity index (χ4n) is 2.60. The molecule has 3 rings (SSSR count). The number of carbonyl (C=O) groups is 2. The number of carbonyl (C=O) groups excluding carboxylic acids is 2. The minimum atomic E-state index is -0.509. The minimum Gasteiger partial charge on any atom is -0.454 e. The van der Waals surface area contributed by atoms with Crippen LogP contribution in [0.25, 0.3) is 0 Å². The number of aromatic nitrogens is 2. The normalized spacial score (nSPS) is 10.4. The number of amides is 1. The van der Waals surface area contributed by atoms with Crippen LogP contribution in [0.2, 0.25) is 0 Å². The smallest absolute Gasteiger partial charge is 0.357 e. The molecule has 0 unspecified atom stereocenters. The quantitative estimate of drug-likeness (QED) is 0.600. The summed E-state index contributed by atoms with van der Waals surface area (Å²) in [5.74, 6) is -0.632. The highest BCUT2D eigenvalue weighted by atomic mass is 32.1. The molecule has 3 aromatic rings. The van der Waals surface area contributed by atoms with Gasteiger partial charge >= 0.3 is 5.97 Å². The van der Waals surface area contributed by atoms with Crippen LogP contribution in [0.1, 0.15) is 35.6 Å². The number of ether oxygens (including phenoxy) is 1. The van der Waals surface area contributed by atoms with Crippen molar-refractivity contribution in [2.75, 3.05) is 4.90 Å². The van der Waals surface area contributed by atoms with Crippen molar-refractivity contribution in [1.82, 2.24) is 9.97 Å². The molecule has 2 heterocycles. The molecule has 6 nitrogen and oxygen atoms in total. The van der Waals surface area contributed by atoms with Gasteiger partial charge in [-0.3, -0.25) is 9.69 Å². The highest BCUT2D eigenvalue weighted by Crippen LogP contribution is 2.31. The highest BCUT2D eigenvalue weighted by molar-refractivity contribution is 7.14. The van der Waals surface area contributed by atoms with Crippen molar-refractivity contribution in [3.05, 3.63) is 71.0 Å². The summed E-state index contributed by atoms with van der Waals surface area (Å²) in [6, 6.07) is 12.8. The van der Waals surface area contributed by atoms with E-state index in [-0.39, 0.29) is 18.2 Å². The molecule has 138 valence electrons. The van der Waals surface area contributed by atoms with E-state index in [1.165, 1.54) is 24.5 Å². The maximum atomic E-state index is 12.3. The molecule has 2 aromatic heterocycles. The van der Waals surface area contributed by atoms with Crippen LogP contribution < -0.4 is 4.90 Å². The van der Waals surface area contributed by atoms with Crippen LogP contribution in [-0.2, 0) is 22.6 Å². The van der Waals surface area contributed by atoms with Crippen LogP contribution in [0.5, 0.6) is 0 Å². The first kappa shape index (κ1) is 18.7. The monoisotopic (exact) mass is 381 g/mol. The number of aryl methyl sites for hydroxylation is 1. The number of pyridine rings is 1. The molecule has 0 radical (unpaired) electrons. The summed E-state index contributed by atoms with van der Waals surface area (Å²) >= 11 is 1.33.